The summed E-state index contributed by atoms with van der Waals surface area (Å²) in [5.74, 6) is -0.0328. The van der Waals surface area contributed by atoms with Crippen LogP contribution in [-0.4, -0.2) is 29.9 Å². The molecule has 3 nitrogen and oxygen atoms in total. The van der Waals surface area contributed by atoms with E-state index in [1.165, 1.54) is 0 Å². The highest BCUT2D eigenvalue weighted by atomic mass is 35.5. The first-order valence-electron chi connectivity index (χ1n) is 6.09. The number of nitrogens with two attached hydrogens (primary N) is 1. The lowest BCUT2D eigenvalue weighted by molar-refractivity contribution is 0.0623. The molecule has 98 valence electrons. The Morgan fingerprint density at radius 1 is 1.28 bits per heavy atom. The first-order valence-corrected chi connectivity index (χ1v) is 6.84. The Hall–Kier alpha value is -0.770. The van der Waals surface area contributed by atoms with Crippen LogP contribution in [0.25, 0.3) is 0 Å². The van der Waals surface area contributed by atoms with E-state index in [1.54, 1.807) is 18.2 Å². The Morgan fingerprint density at radius 3 is 2.56 bits per heavy atom. The van der Waals surface area contributed by atoms with E-state index < -0.39 is 0 Å². The number of hydrogen-bond donors (Lipinski definition) is 1. The van der Waals surface area contributed by atoms with Gasteiger partial charge in [0, 0.05) is 34.7 Å². The standard InChI is InChI=1S/C13H16Cl2N2O/c14-10-5-9(6-11(15)7-10)13(18)17-4-2-1-3-12(17)8-16/h5-7,12H,1-4,8,16H2. The smallest absolute Gasteiger partial charge is 0.254 e. The normalized spacial score (nSPS) is 19.9. The van der Waals surface area contributed by atoms with Crippen molar-refractivity contribution in [3.63, 3.8) is 0 Å². The lowest BCUT2D eigenvalue weighted by Crippen LogP contribution is -2.47. The molecule has 2 rings (SSSR count). The number of rotatable bonds is 2. The molecule has 0 aromatic heterocycles. The molecule has 1 atom stereocenters. The molecule has 1 aliphatic rings. The molecule has 1 aliphatic heterocycles. The molecule has 0 saturated carbocycles. The molecule has 1 heterocycles. The lowest BCUT2D eigenvalue weighted by atomic mass is 10.0. The topological polar surface area (TPSA) is 46.3 Å². The molecule has 0 aliphatic carbocycles. The molecule has 18 heavy (non-hydrogen) atoms. The largest absolute Gasteiger partial charge is 0.334 e. The van der Waals surface area contributed by atoms with Crippen LogP contribution in [-0.2, 0) is 0 Å². The second-order valence-corrected chi connectivity index (χ2v) is 5.41. The van der Waals surface area contributed by atoms with Gasteiger partial charge < -0.3 is 10.6 Å². The van der Waals surface area contributed by atoms with Crippen molar-refractivity contribution in [2.24, 2.45) is 5.73 Å². The van der Waals surface area contributed by atoms with E-state index >= 15 is 0 Å². The summed E-state index contributed by atoms with van der Waals surface area (Å²) in [5.41, 5.74) is 6.26. The van der Waals surface area contributed by atoms with Gasteiger partial charge in [-0.3, -0.25) is 4.79 Å². The predicted octanol–water partition coefficient (Wildman–Crippen LogP) is 2.95. The maximum atomic E-state index is 12.4. The van der Waals surface area contributed by atoms with E-state index in [0.717, 1.165) is 25.8 Å². The number of benzene rings is 1. The average molecular weight is 287 g/mol. The van der Waals surface area contributed by atoms with Gasteiger partial charge in [0.15, 0.2) is 0 Å². The van der Waals surface area contributed by atoms with E-state index in [0.29, 0.717) is 22.2 Å². The van der Waals surface area contributed by atoms with Gasteiger partial charge >= 0.3 is 0 Å². The zero-order valence-electron chi connectivity index (χ0n) is 10.0. The summed E-state index contributed by atoms with van der Waals surface area (Å²) in [6.07, 6.45) is 3.12. The fourth-order valence-corrected chi connectivity index (χ4v) is 2.88. The maximum Gasteiger partial charge on any atom is 0.254 e. The van der Waals surface area contributed by atoms with Gasteiger partial charge in [-0.15, -0.1) is 0 Å². The number of carbonyl (C=O) groups excluding carboxylic acids is 1. The van der Waals surface area contributed by atoms with Crippen molar-refractivity contribution in [3.05, 3.63) is 33.8 Å². The summed E-state index contributed by atoms with van der Waals surface area (Å²) >= 11 is 11.8. The fourth-order valence-electron chi connectivity index (χ4n) is 2.36. The van der Waals surface area contributed by atoms with Gasteiger partial charge in [0.05, 0.1) is 0 Å². The lowest BCUT2D eigenvalue weighted by Gasteiger charge is -2.35. The summed E-state index contributed by atoms with van der Waals surface area (Å²) in [6, 6.07) is 5.05. The van der Waals surface area contributed by atoms with Crippen LogP contribution in [0.4, 0.5) is 0 Å². The van der Waals surface area contributed by atoms with Gasteiger partial charge in [-0.2, -0.15) is 0 Å². The Bertz CT molecular complexity index is 430. The van der Waals surface area contributed by atoms with Gasteiger partial charge in [-0.25, -0.2) is 0 Å². The van der Waals surface area contributed by atoms with Gasteiger partial charge in [-0.1, -0.05) is 23.2 Å². The quantitative estimate of drug-likeness (QED) is 0.909. The third-order valence-electron chi connectivity index (χ3n) is 3.27. The number of nitrogens with zero attached hydrogens (tertiary/aromatic N) is 1. The number of amides is 1. The first kappa shape index (κ1) is 13.7. The van der Waals surface area contributed by atoms with Crippen molar-refractivity contribution in [1.82, 2.24) is 4.90 Å². The minimum Gasteiger partial charge on any atom is -0.334 e. The number of likely N-dealkylation sites (tertiary alicyclic amines) is 1. The molecule has 0 radical (unpaired) electrons. The van der Waals surface area contributed by atoms with Crippen molar-refractivity contribution in [2.75, 3.05) is 13.1 Å². The third kappa shape index (κ3) is 2.97. The predicted molar refractivity (Wildman–Crippen MR) is 74.2 cm³/mol. The Labute approximate surface area is 117 Å². The van der Waals surface area contributed by atoms with Gasteiger partial charge in [0.1, 0.15) is 0 Å². The van der Waals surface area contributed by atoms with E-state index in [-0.39, 0.29) is 11.9 Å². The fraction of sp³-hybridized carbons (Fsp3) is 0.462. The molecule has 1 unspecified atom stereocenters. The average Bonchev–Trinajstić information content (AvgIpc) is 2.36. The van der Waals surface area contributed by atoms with Crippen molar-refractivity contribution in [1.29, 1.82) is 0 Å². The number of hydrogen-bond acceptors (Lipinski definition) is 2. The molecule has 5 heteroatoms. The SMILES string of the molecule is NCC1CCCCN1C(=O)c1cc(Cl)cc(Cl)c1. The highest BCUT2D eigenvalue weighted by Crippen LogP contribution is 2.23. The Morgan fingerprint density at radius 2 is 1.94 bits per heavy atom. The van der Waals surface area contributed by atoms with Crippen LogP contribution in [0.15, 0.2) is 18.2 Å². The van der Waals surface area contributed by atoms with Crippen LogP contribution in [0.1, 0.15) is 29.6 Å². The zero-order valence-corrected chi connectivity index (χ0v) is 11.5. The molecule has 1 amide bonds. The molecular weight excluding hydrogens is 271 g/mol. The van der Waals surface area contributed by atoms with Crippen molar-refractivity contribution in [3.8, 4) is 0 Å². The second-order valence-electron chi connectivity index (χ2n) is 4.54. The van der Waals surface area contributed by atoms with E-state index in [4.69, 9.17) is 28.9 Å². The molecule has 0 spiro atoms. The Balaban J connectivity index is 2.23. The first-order chi connectivity index (χ1) is 8.61. The number of halogens is 2. The summed E-state index contributed by atoms with van der Waals surface area (Å²) in [5, 5.41) is 0.958. The molecule has 1 saturated heterocycles. The van der Waals surface area contributed by atoms with E-state index in [2.05, 4.69) is 0 Å². The summed E-state index contributed by atoms with van der Waals surface area (Å²) in [6.45, 7) is 1.25. The van der Waals surface area contributed by atoms with E-state index in [9.17, 15) is 4.79 Å². The monoisotopic (exact) mass is 286 g/mol. The third-order valence-corrected chi connectivity index (χ3v) is 3.71. The van der Waals surface area contributed by atoms with Crippen LogP contribution >= 0.6 is 23.2 Å². The van der Waals surface area contributed by atoms with Crippen LogP contribution < -0.4 is 5.73 Å². The summed E-state index contributed by atoms with van der Waals surface area (Å²) in [4.78, 5) is 14.3. The zero-order chi connectivity index (χ0) is 13.1. The second kappa shape index (κ2) is 5.91. The van der Waals surface area contributed by atoms with Crippen LogP contribution in [0.5, 0.6) is 0 Å². The molecule has 1 aromatic rings. The van der Waals surface area contributed by atoms with Crippen molar-refractivity contribution < 1.29 is 4.79 Å². The molecule has 0 bridgehead atoms. The minimum absolute atomic E-state index is 0.0328. The van der Waals surface area contributed by atoms with Crippen LogP contribution in [0.2, 0.25) is 10.0 Å². The summed E-state index contributed by atoms with van der Waals surface area (Å²) < 4.78 is 0. The van der Waals surface area contributed by atoms with Crippen molar-refractivity contribution in [2.45, 2.75) is 25.3 Å². The highest BCUT2D eigenvalue weighted by molar-refractivity contribution is 6.35. The van der Waals surface area contributed by atoms with Gasteiger partial charge in [0.2, 0.25) is 0 Å². The van der Waals surface area contributed by atoms with Gasteiger partial charge in [0.25, 0.3) is 5.91 Å². The van der Waals surface area contributed by atoms with E-state index in [1.807, 2.05) is 4.90 Å². The highest BCUT2D eigenvalue weighted by Gasteiger charge is 2.26. The number of carbonyl (C=O) groups is 1. The van der Waals surface area contributed by atoms with Crippen molar-refractivity contribution >= 4 is 29.1 Å². The minimum atomic E-state index is -0.0328. The van der Waals surface area contributed by atoms with Crippen LogP contribution in [0.3, 0.4) is 0 Å². The van der Waals surface area contributed by atoms with Crippen LogP contribution in [0, 0.1) is 0 Å². The molecule has 1 fully saturated rings. The molecule has 1 aromatic carbocycles. The maximum absolute atomic E-state index is 12.4. The Kier molecular flexibility index (Phi) is 4.49. The molecule has 2 N–H and O–H groups in total. The van der Waals surface area contributed by atoms with Gasteiger partial charge in [-0.05, 0) is 37.5 Å². The molecular formula is C13H16Cl2N2O. The number of piperidine rings is 1. The summed E-state index contributed by atoms with van der Waals surface area (Å²) in [7, 11) is 0.